The number of amides is 1. The summed E-state index contributed by atoms with van der Waals surface area (Å²) < 4.78 is 0. The van der Waals surface area contributed by atoms with Crippen molar-refractivity contribution in [1.29, 1.82) is 0 Å². The fourth-order valence-electron chi connectivity index (χ4n) is 3.84. The molecule has 0 aromatic carbocycles. The van der Waals surface area contributed by atoms with E-state index in [1.54, 1.807) is 6.20 Å². The average Bonchev–Trinajstić information content (AvgIpc) is 3.00. The van der Waals surface area contributed by atoms with Crippen LogP contribution >= 0.6 is 0 Å². The van der Waals surface area contributed by atoms with E-state index in [2.05, 4.69) is 20.3 Å². The standard InChI is InChI=1S/C18H23N5O3/c1-10-5-6-12(8-23(10)18(25)26)22-17-14-13(15(24)11-3-2-4-11)7-19-16(14)20-9-21-17/h7,9-12H,2-6,8H2,1H3,(H,25,26)(H2,19,20,21,22)/t10-,12+/m0/s1. The number of H-pyrrole nitrogens is 1. The minimum absolute atomic E-state index is 0.0129. The van der Waals surface area contributed by atoms with E-state index in [9.17, 15) is 14.7 Å². The number of hydrogen-bond donors (Lipinski definition) is 3. The van der Waals surface area contributed by atoms with Crippen LogP contribution < -0.4 is 5.32 Å². The maximum atomic E-state index is 12.7. The van der Waals surface area contributed by atoms with Gasteiger partial charge < -0.3 is 20.3 Å². The first-order chi connectivity index (χ1) is 12.5. The van der Waals surface area contributed by atoms with Crippen LogP contribution in [0.15, 0.2) is 12.5 Å². The molecule has 0 bridgehead atoms. The van der Waals surface area contributed by atoms with Gasteiger partial charge in [0.1, 0.15) is 17.8 Å². The quantitative estimate of drug-likeness (QED) is 0.726. The van der Waals surface area contributed by atoms with Crippen molar-refractivity contribution in [2.24, 2.45) is 5.92 Å². The molecule has 1 amide bonds. The highest BCUT2D eigenvalue weighted by Crippen LogP contribution is 2.34. The van der Waals surface area contributed by atoms with Gasteiger partial charge in [-0.15, -0.1) is 0 Å². The zero-order valence-electron chi connectivity index (χ0n) is 14.7. The molecule has 3 heterocycles. The monoisotopic (exact) mass is 357 g/mol. The molecule has 0 spiro atoms. The van der Waals surface area contributed by atoms with Crippen LogP contribution in [-0.2, 0) is 0 Å². The van der Waals surface area contributed by atoms with Gasteiger partial charge in [-0.2, -0.15) is 0 Å². The first-order valence-corrected chi connectivity index (χ1v) is 9.17. The Hall–Kier alpha value is -2.64. The lowest BCUT2D eigenvalue weighted by molar-refractivity contribution is 0.0857. The molecule has 138 valence electrons. The van der Waals surface area contributed by atoms with Crippen LogP contribution in [0.25, 0.3) is 11.0 Å². The normalized spacial score (nSPS) is 23.7. The Morgan fingerprint density at radius 3 is 2.77 bits per heavy atom. The van der Waals surface area contributed by atoms with Crippen molar-refractivity contribution in [3.05, 3.63) is 18.1 Å². The van der Waals surface area contributed by atoms with Gasteiger partial charge in [0.25, 0.3) is 0 Å². The number of aromatic amines is 1. The van der Waals surface area contributed by atoms with Gasteiger partial charge in [0.15, 0.2) is 5.78 Å². The number of nitrogens with zero attached hydrogens (tertiary/aromatic N) is 3. The number of aromatic nitrogens is 3. The molecule has 1 aliphatic heterocycles. The predicted molar refractivity (Wildman–Crippen MR) is 96.4 cm³/mol. The van der Waals surface area contributed by atoms with Crippen molar-refractivity contribution in [3.63, 3.8) is 0 Å². The number of nitrogens with one attached hydrogen (secondary N) is 2. The van der Waals surface area contributed by atoms with Gasteiger partial charge >= 0.3 is 6.09 Å². The van der Waals surface area contributed by atoms with Crippen molar-refractivity contribution < 1.29 is 14.7 Å². The van der Waals surface area contributed by atoms with Crippen molar-refractivity contribution in [3.8, 4) is 0 Å². The summed E-state index contributed by atoms with van der Waals surface area (Å²) in [6.07, 6.45) is 6.90. The van der Waals surface area contributed by atoms with Crippen LogP contribution in [-0.4, -0.2) is 55.5 Å². The summed E-state index contributed by atoms with van der Waals surface area (Å²) >= 11 is 0. The topological polar surface area (TPSA) is 111 Å². The summed E-state index contributed by atoms with van der Waals surface area (Å²) in [5, 5.41) is 13.4. The van der Waals surface area contributed by atoms with Gasteiger partial charge in [-0.3, -0.25) is 4.79 Å². The van der Waals surface area contributed by atoms with Crippen LogP contribution in [0, 0.1) is 5.92 Å². The van der Waals surface area contributed by atoms with Crippen LogP contribution in [0.3, 0.4) is 0 Å². The molecule has 26 heavy (non-hydrogen) atoms. The molecular formula is C18H23N5O3. The number of hydrogen-bond acceptors (Lipinski definition) is 5. The zero-order valence-corrected chi connectivity index (χ0v) is 14.7. The Kier molecular flexibility index (Phi) is 4.26. The molecule has 4 rings (SSSR count). The Labute approximate surface area is 151 Å². The molecule has 2 aromatic heterocycles. The lowest BCUT2D eigenvalue weighted by atomic mass is 9.80. The Bertz CT molecular complexity index is 844. The molecule has 2 aliphatic rings. The van der Waals surface area contributed by atoms with Crippen molar-refractivity contribution in [1.82, 2.24) is 19.9 Å². The summed E-state index contributed by atoms with van der Waals surface area (Å²) in [5.41, 5.74) is 1.26. The lowest BCUT2D eigenvalue weighted by Crippen LogP contribution is -2.49. The van der Waals surface area contributed by atoms with Crippen molar-refractivity contribution in [2.45, 2.75) is 51.1 Å². The molecule has 2 aromatic rings. The fourth-order valence-corrected chi connectivity index (χ4v) is 3.84. The zero-order chi connectivity index (χ0) is 18.3. The smallest absolute Gasteiger partial charge is 0.407 e. The van der Waals surface area contributed by atoms with E-state index < -0.39 is 6.09 Å². The third-order valence-corrected chi connectivity index (χ3v) is 5.68. The van der Waals surface area contributed by atoms with Crippen molar-refractivity contribution >= 4 is 28.7 Å². The van der Waals surface area contributed by atoms with Crippen molar-refractivity contribution in [2.75, 3.05) is 11.9 Å². The summed E-state index contributed by atoms with van der Waals surface area (Å²) in [5.74, 6) is 0.841. The number of carbonyl (C=O) groups excluding carboxylic acids is 1. The first-order valence-electron chi connectivity index (χ1n) is 9.17. The molecule has 3 N–H and O–H groups in total. The number of rotatable bonds is 4. The second-order valence-electron chi connectivity index (χ2n) is 7.34. The highest BCUT2D eigenvalue weighted by molar-refractivity contribution is 6.11. The Balaban J connectivity index is 1.61. The number of Topliss-reactive ketones (excluding diaryl/α,β-unsaturated/α-hetero) is 1. The predicted octanol–water partition coefficient (Wildman–Crippen LogP) is 2.88. The maximum absolute atomic E-state index is 12.7. The van der Waals surface area contributed by atoms with E-state index in [1.807, 2.05) is 6.92 Å². The number of ketones is 1. The minimum atomic E-state index is -0.903. The first kappa shape index (κ1) is 16.8. The van der Waals surface area contributed by atoms with Crippen LogP contribution in [0.2, 0.25) is 0 Å². The van der Waals surface area contributed by atoms with E-state index in [0.717, 1.165) is 32.1 Å². The molecule has 1 saturated heterocycles. The van der Waals surface area contributed by atoms with E-state index >= 15 is 0 Å². The molecule has 8 heteroatoms. The summed E-state index contributed by atoms with van der Waals surface area (Å²) in [4.78, 5) is 37.3. The number of likely N-dealkylation sites (tertiary alicyclic amines) is 1. The van der Waals surface area contributed by atoms with E-state index in [4.69, 9.17) is 0 Å². The molecule has 1 saturated carbocycles. The molecule has 8 nitrogen and oxygen atoms in total. The largest absolute Gasteiger partial charge is 0.465 e. The third-order valence-electron chi connectivity index (χ3n) is 5.68. The number of anilines is 1. The van der Waals surface area contributed by atoms with Gasteiger partial charge in [0, 0.05) is 36.3 Å². The molecule has 2 fully saturated rings. The lowest BCUT2D eigenvalue weighted by Gasteiger charge is -2.36. The molecule has 1 aliphatic carbocycles. The van der Waals surface area contributed by atoms with Crippen LogP contribution in [0.1, 0.15) is 49.4 Å². The maximum Gasteiger partial charge on any atom is 0.407 e. The molecule has 2 atom stereocenters. The van der Waals surface area contributed by atoms with Crippen LogP contribution in [0.4, 0.5) is 10.6 Å². The molecular weight excluding hydrogens is 334 g/mol. The van der Waals surface area contributed by atoms with Gasteiger partial charge in [-0.05, 0) is 32.6 Å². The van der Waals surface area contributed by atoms with Gasteiger partial charge in [-0.25, -0.2) is 14.8 Å². The second-order valence-corrected chi connectivity index (χ2v) is 7.34. The van der Waals surface area contributed by atoms with Gasteiger partial charge in [-0.1, -0.05) is 6.42 Å². The molecule has 0 radical (unpaired) electrons. The number of fused-ring (bicyclic) bond motifs is 1. The second kappa shape index (κ2) is 6.59. The summed E-state index contributed by atoms with van der Waals surface area (Å²) in [6, 6.07) is -0.0269. The number of piperidine rings is 1. The van der Waals surface area contributed by atoms with E-state index in [1.165, 1.54) is 11.2 Å². The highest BCUT2D eigenvalue weighted by atomic mass is 16.4. The van der Waals surface area contributed by atoms with Gasteiger partial charge in [0.2, 0.25) is 0 Å². The van der Waals surface area contributed by atoms with Gasteiger partial charge in [0.05, 0.1) is 5.39 Å². The number of carbonyl (C=O) groups is 2. The fraction of sp³-hybridized carbons (Fsp3) is 0.556. The van der Waals surface area contributed by atoms with E-state index in [0.29, 0.717) is 29.0 Å². The SMILES string of the molecule is C[C@H]1CC[C@@H](Nc2ncnc3[nH]cc(C(=O)C4CCC4)c23)CN1C(=O)O. The van der Waals surface area contributed by atoms with E-state index in [-0.39, 0.29) is 23.8 Å². The molecule has 0 unspecified atom stereocenters. The number of carboxylic acid groups (broad SMARTS) is 1. The minimum Gasteiger partial charge on any atom is -0.465 e. The average molecular weight is 357 g/mol. The van der Waals surface area contributed by atoms with Crippen LogP contribution in [0.5, 0.6) is 0 Å². The summed E-state index contributed by atoms with van der Waals surface area (Å²) in [7, 11) is 0. The summed E-state index contributed by atoms with van der Waals surface area (Å²) in [6.45, 7) is 2.33. The third kappa shape index (κ3) is 2.89. The Morgan fingerprint density at radius 2 is 2.08 bits per heavy atom. The Morgan fingerprint density at radius 1 is 1.27 bits per heavy atom. The highest BCUT2D eigenvalue weighted by Gasteiger charge is 2.31.